The molecule has 2 rings (SSSR count). The van der Waals surface area contributed by atoms with Gasteiger partial charge in [0, 0.05) is 27.2 Å². The van der Waals surface area contributed by atoms with E-state index < -0.39 is 10.0 Å². The van der Waals surface area contributed by atoms with Gasteiger partial charge >= 0.3 is 0 Å². The van der Waals surface area contributed by atoms with Crippen LogP contribution in [0.3, 0.4) is 0 Å². The summed E-state index contributed by atoms with van der Waals surface area (Å²) in [5.41, 5.74) is 0.258. The summed E-state index contributed by atoms with van der Waals surface area (Å²) in [4.78, 5) is 13.8. The number of ether oxygens (including phenoxy) is 1. The Kier molecular flexibility index (Phi) is 5.64. The van der Waals surface area contributed by atoms with E-state index in [1.54, 1.807) is 20.2 Å². The molecule has 0 aromatic heterocycles. The molecule has 7 heteroatoms. The maximum absolute atomic E-state index is 12.8. The Bertz CT molecular complexity index is 663. The Hall–Kier alpha value is -1.60. The molecule has 1 fully saturated rings. The normalized spacial score (nSPS) is 16.7. The van der Waals surface area contributed by atoms with Gasteiger partial charge in [-0.05, 0) is 31.0 Å². The minimum Gasteiger partial charge on any atom is -0.496 e. The van der Waals surface area contributed by atoms with E-state index in [1.807, 2.05) is 0 Å². The average Bonchev–Trinajstić information content (AvgIpc) is 2.83. The summed E-state index contributed by atoms with van der Waals surface area (Å²) >= 11 is 0. The highest BCUT2D eigenvalue weighted by molar-refractivity contribution is 7.89. The van der Waals surface area contributed by atoms with E-state index in [4.69, 9.17) is 4.74 Å². The largest absolute Gasteiger partial charge is 0.496 e. The quantitative estimate of drug-likeness (QED) is 0.840. The Balaban J connectivity index is 2.42. The van der Waals surface area contributed by atoms with Crippen LogP contribution in [0.1, 0.15) is 36.0 Å². The van der Waals surface area contributed by atoms with Gasteiger partial charge in [0.2, 0.25) is 10.0 Å². The summed E-state index contributed by atoms with van der Waals surface area (Å²) in [5, 5.41) is 0. The molecule has 6 nitrogen and oxygen atoms in total. The first kappa shape index (κ1) is 17.7. The molecule has 1 heterocycles. The number of carbonyl (C=O) groups is 1. The zero-order chi connectivity index (χ0) is 17.0. The number of hydrogen-bond acceptors (Lipinski definition) is 4. The molecule has 0 aliphatic carbocycles. The van der Waals surface area contributed by atoms with Gasteiger partial charge in [0.15, 0.2) is 0 Å². The number of sulfonamides is 1. The number of hydrogen-bond donors (Lipinski definition) is 0. The van der Waals surface area contributed by atoms with Crippen LogP contribution in [0.25, 0.3) is 0 Å². The van der Waals surface area contributed by atoms with Crippen molar-refractivity contribution in [1.82, 2.24) is 9.21 Å². The third kappa shape index (κ3) is 3.84. The van der Waals surface area contributed by atoms with Crippen molar-refractivity contribution in [2.75, 3.05) is 34.3 Å². The van der Waals surface area contributed by atoms with Gasteiger partial charge < -0.3 is 9.64 Å². The molecule has 0 radical (unpaired) electrons. The van der Waals surface area contributed by atoms with E-state index in [0.29, 0.717) is 18.8 Å². The van der Waals surface area contributed by atoms with Crippen LogP contribution in [0.2, 0.25) is 0 Å². The van der Waals surface area contributed by atoms with Gasteiger partial charge in [-0.2, -0.15) is 4.31 Å². The van der Waals surface area contributed by atoms with Crippen LogP contribution < -0.4 is 4.74 Å². The molecule has 1 amide bonds. The van der Waals surface area contributed by atoms with Crippen LogP contribution in [0, 0.1) is 0 Å². The maximum atomic E-state index is 12.8. The maximum Gasteiger partial charge on any atom is 0.257 e. The number of amides is 1. The summed E-state index contributed by atoms with van der Waals surface area (Å²) < 4.78 is 32.4. The minimum absolute atomic E-state index is 0.144. The van der Waals surface area contributed by atoms with E-state index >= 15 is 0 Å². The van der Waals surface area contributed by atoms with E-state index in [0.717, 1.165) is 25.7 Å². The molecule has 0 unspecified atom stereocenters. The first-order chi connectivity index (χ1) is 10.9. The van der Waals surface area contributed by atoms with Gasteiger partial charge in [0.05, 0.1) is 17.6 Å². The average molecular weight is 340 g/mol. The summed E-state index contributed by atoms with van der Waals surface area (Å²) in [5.74, 6) is 0.0910. The standard InChI is InChI=1S/C16H24N2O4S/c1-17(2)16(19)14-12-13(8-9-15(14)22-3)23(20,21)18-10-6-4-5-7-11-18/h8-9,12H,4-7,10-11H2,1-3H3. The molecule has 1 aliphatic heterocycles. The van der Waals surface area contributed by atoms with Gasteiger partial charge in [0.1, 0.15) is 5.75 Å². The highest BCUT2D eigenvalue weighted by atomic mass is 32.2. The van der Waals surface area contributed by atoms with Crippen molar-refractivity contribution >= 4 is 15.9 Å². The van der Waals surface area contributed by atoms with Gasteiger partial charge in [-0.1, -0.05) is 12.8 Å². The molecule has 1 aromatic rings. The van der Waals surface area contributed by atoms with Crippen LogP contribution in [0.4, 0.5) is 0 Å². The van der Waals surface area contributed by atoms with Crippen molar-refractivity contribution < 1.29 is 17.9 Å². The molecular formula is C16H24N2O4S. The predicted molar refractivity (Wildman–Crippen MR) is 88.2 cm³/mol. The Labute approximate surface area is 138 Å². The van der Waals surface area contributed by atoms with Crippen LogP contribution >= 0.6 is 0 Å². The zero-order valence-corrected chi connectivity index (χ0v) is 14.7. The van der Waals surface area contributed by atoms with Crippen LogP contribution in [-0.4, -0.2) is 57.8 Å². The van der Waals surface area contributed by atoms with Gasteiger partial charge in [-0.15, -0.1) is 0 Å². The molecule has 1 aromatic carbocycles. The monoisotopic (exact) mass is 340 g/mol. The lowest BCUT2D eigenvalue weighted by molar-refractivity contribution is 0.0824. The van der Waals surface area contributed by atoms with Crippen LogP contribution in [0.15, 0.2) is 23.1 Å². The fraction of sp³-hybridized carbons (Fsp3) is 0.562. The molecule has 0 bridgehead atoms. The van der Waals surface area contributed by atoms with E-state index in [1.165, 1.54) is 28.4 Å². The highest BCUT2D eigenvalue weighted by Gasteiger charge is 2.27. The van der Waals surface area contributed by atoms with E-state index in [2.05, 4.69) is 0 Å². The second-order valence-corrected chi connectivity index (χ2v) is 7.82. The van der Waals surface area contributed by atoms with Crippen LogP contribution in [-0.2, 0) is 10.0 Å². The third-order valence-electron chi connectivity index (χ3n) is 4.01. The van der Waals surface area contributed by atoms with Crippen molar-refractivity contribution in [2.24, 2.45) is 0 Å². The second-order valence-electron chi connectivity index (χ2n) is 5.88. The second kappa shape index (κ2) is 7.31. The molecular weight excluding hydrogens is 316 g/mol. The predicted octanol–water partition coefficient (Wildman–Crippen LogP) is 1.96. The molecule has 0 N–H and O–H groups in total. The van der Waals surface area contributed by atoms with Crippen molar-refractivity contribution in [3.63, 3.8) is 0 Å². The Morgan fingerprint density at radius 3 is 2.26 bits per heavy atom. The lowest BCUT2D eigenvalue weighted by Crippen LogP contribution is -2.32. The third-order valence-corrected chi connectivity index (χ3v) is 5.90. The molecule has 0 saturated carbocycles. The minimum atomic E-state index is -3.59. The van der Waals surface area contributed by atoms with Gasteiger partial charge in [-0.3, -0.25) is 4.79 Å². The van der Waals surface area contributed by atoms with Crippen molar-refractivity contribution in [1.29, 1.82) is 0 Å². The number of nitrogens with zero attached hydrogens (tertiary/aromatic N) is 2. The smallest absolute Gasteiger partial charge is 0.257 e. The van der Waals surface area contributed by atoms with Crippen molar-refractivity contribution in [3.8, 4) is 5.75 Å². The highest BCUT2D eigenvalue weighted by Crippen LogP contribution is 2.26. The number of rotatable bonds is 4. The number of carbonyl (C=O) groups excluding carboxylic acids is 1. The Morgan fingerprint density at radius 1 is 1.13 bits per heavy atom. The van der Waals surface area contributed by atoms with Gasteiger partial charge in [0.25, 0.3) is 5.91 Å². The molecule has 23 heavy (non-hydrogen) atoms. The lowest BCUT2D eigenvalue weighted by atomic mass is 10.2. The summed E-state index contributed by atoms with van der Waals surface area (Å²) in [6, 6.07) is 4.47. The molecule has 1 aliphatic rings. The number of benzene rings is 1. The fourth-order valence-corrected chi connectivity index (χ4v) is 4.23. The van der Waals surface area contributed by atoms with Gasteiger partial charge in [-0.25, -0.2) is 8.42 Å². The SMILES string of the molecule is COc1ccc(S(=O)(=O)N2CCCCCC2)cc1C(=O)N(C)C. The first-order valence-corrected chi connectivity index (χ1v) is 9.22. The number of methoxy groups -OCH3 is 1. The zero-order valence-electron chi connectivity index (χ0n) is 13.9. The summed E-state index contributed by atoms with van der Waals surface area (Å²) in [7, 11) is 1.12. The fourth-order valence-electron chi connectivity index (χ4n) is 2.69. The van der Waals surface area contributed by atoms with Crippen molar-refractivity contribution in [3.05, 3.63) is 23.8 Å². The van der Waals surface area contributed by atoms with E-state index in [9.17, 15) is 13.2 Å². The Morgan fingerprint density at radius 2 is 1.74 bits per heavy atom. The van der Waals surface area contributed by atoms with Crippen molar-refractivity contribution in [2.45, 2.75) is 30.6 Å². The molecule has 1 saturated heterocycles. The first-order valence-electron chi connectivity index (χ1n) is 7.78. The summed E-state index contributed by atoms with van der Waals surface area (Å²) in [6.07, 6.45) is 3.86. The van der Waals surface area contributed by atoms with Crippen LogP contribution in [0.5, 0.6) is 5.75 Å². The lowest BCUT2D eigenvalue weighted by Gasteiger charge is -2.21. The topological polar surface area (TPSA) is 66.9 Å². The molecule has 0 atom stereocenters. The molecule has 0 spiro atoms. The molecule has 128 valence electrons. The van der Waals surface area contributed by atoms with E-state index in [-0.39, 0.29) is 16.4 Å². The summed E-state index contributed by atoms with van der Waals surface area (Å²) in [6.45, 7) is 1.07.